The third kappa shape index (κ3) is 1.55. The van der Waals surface area contributed by atoms with Gasteiger partial charge in [0.25, 0.3) is 0 Å². The highest BCUT2D eigenvalue weighted by molar-refractivity contribution is 7.99. The lowest BCUT2D eigenvalue weighted by Crippen LogP contribution is -2.34. The van der Waals surface area contributed by atoms with Gasteiger partial charge in [-0.05, 0) is 31.7 Å². The van der Waals surface area contributed by atoms with E-state index < -0.39 is 0 Å². The Balaban J connectivity index is 2.51. The molecule has 0 spiro atoms. The SMILES string of the molecule is CSC1C(=O)N(C(C)C)c2ccccc21. The third-order valence-electron chi connectivity index (χ3n) is 2.69. The molecule has 1 heterocycles. The molecular formula is C12H15NOS. The monoisotopic (exact) mass is 221 g/mol. The standard InChI is InChI=1S/C12H15NOS/c1-8(2)13-10-7-5-4-6-9(10)11(15-3)12(13)14/h4-8,11H,1-3H3. The first-order valence-electron chi connectivity index (χ1n) is 5.11. The fourth-order valence-corrected chi connectivity index (χ4v) is 2.84. The van der Waals surface area contributed by atoms with Crippen LogP contribution in [0.15, 0.2) is 24.3 Å². The van der Waals surface area contributed by atoms with Crippen molar-refractivity contribution in [2.24, 2.45) is 0 Å². The maximum Gasteiger partial charge on any atom is 0.244 e. The van der Waals surface area contributed by atoms with Crippen LogP contribution in [-0.4, -0.2) is 18.2 Å². The van der Waals surface area contributed by atoms with E-state index in [2.05, 4.69) is 19.9 Å². The first-order valence-corrected chi connectivity index (χ1v) is 6.40. The molecule has 0 aliphatic carbocycles. The van der Waals surface area contributed by atoms with Crippen LogP contribution in [0.1, 0.15) is 24.7 Å². The van der Waals surface area contributed by atoms with Gasteiger partial charge >= 0.3 is 0 Å². The second kappa shape index (κ2) is 3.89. The van der Waals surface area contributed by atoms with Crippen molar-refractivity contribution in [2.75, 3.05) is 11.2 Å². The number of carbonyl (C=O) groups is 1. The quantitative estimate of drug-likeness (QED) is 0.765. The van der Waals surface area contributed by atoms with Crippen LogP contribution in [0.3, 0.4) is 0 Å². The summed E-state index contributed by atoms with van der Waals surface area (Å²) < 4.78 is 0. The van der Waals surface area contributed by atoms with Crippen LogP contribution in [0.2, 0.25) is 0 Å². The van der Waals surface area contributed by atoms with Crippen molar-refractivity contribution in [1.82, 2.24) is 0 Å². The fraction of sp³-hybridized carbons (Fsp3) is 0.417. The summed E-state index contributed by atoms with van der Waals surface area (Å²) in [7, 11) is 0. The van der Waals surface area contributed by atoms with Gasteiger partial charge in [0.05, 0.1) is 0 Å². The van der Waals surface area contributed by atoms with Crippen LogP contribution >= 0.6 is 11.8 Å². The van der Waals surface area contributed by atoms with Gasteiger partial charge in [-0.15, -0.1) is 11.8 Å². The summed E-state index contributed by atoms with van der Waals surface area (Å²) in [5, 5.41) is -0.0106. The van der Waals surface area contributed by atoms with Crippen molar-refractivity contribution in [3.8, 4) is 0 Å². The van der Waals surface area contributed by atoms with Gasteiger partial charge in [-0.25, -0.2) is 0 Å². The normalized spacial score (nSPS) is 19.9. The van der Waals surface area contributed by atoms with Crippen LogP contribution in [0.25, 0.3) is 0 Å². The lowest BCUT2D eigenvalue weighted by atomic mass is 10.1. The Morgan fingerprint density at radius 3 is 2.60 bits per heavy atom. The van der Waals surface area contributed by atoms with Crippen molar-refractivity contribution in [3.05, 3.63) is 29.8 Å². The first kappa shape index (κ1) is 10.6. The van der Waals surface area contributed by atoms with Gasteiger partial charge in [-0.1, -0.05) is 18.2 Å². The van der Waals surface area contributed by atoms with Crippen LogP contribution < -0.4 is 4.90 Å². The second-order valence-corrected chi connectivity index (χ2v) is 4.92. The van der Waals surface area contributed by atoms with Gasteiger partial charge in [0.15, 0.2) is 0 Å². The van der Waals surface area contributed by atoms with E-state index in [9.17, 15) is 4.79 Å². The summed E-state index contributed by atoms with van der Waals surface area (Å²) in [4.78, 5) is 14.0. The zero-order valence-electron chi connectivity index (χ0n) is 9.23. The number of benzene rings is 1. The predicted octanol–water partition coefficient (Wildman–Crippen LogP) is 2.85. The summed E-state index contributed by atoms with van der Waals surface area (Å²) >= 11 is 1.61. The zero-order valence-corrected chi connectivity index (χ0v) is 10.0. The van der Waals surface area contributed by atoms with Crippen LogP contribution in [0, 0.1) is 0 Å². The van der Waals surface area contributed by atoms with Gasteiger partial charge in [0.2, 0.25) is 5.91 Å². The molecule has 80 valence electrons. The predicted molar refractivity (Wildman–Crippen MR) is 65.3 cm³/mol. The Labute approximate surface area is 94.7 Å². The number of fused-ring (bicyclic) bond motifs is 1. The minimum absolute atomic E-state index is 0.0106. The molecule has 0 bridgehead atoms. The van der Waals surface area contributed by atoms with Crippen molar-refractivity contribution in [2.45, 2.75) is 25.1 Å². The van der Waals surface area contributed by atoms with Crippen LogP contribution in [-0.2, 0) is 4.79 Å². The molecule has 0 radical (unpaired) electrons. The van der Waals surface area contributed by atoms with Crippen molar-refractivity contribution < 1.29 is 4.79 Å². The summed E-state index contributed by atoms with van der Waals surface area (Å²) in [5.74, 6) is 0.221. The highest BCUT2D eigenvalue weighted by Gasteiger charge is 2.37. The third-order valence-corrected chi connectivity index (χ3v) is 3.62. The lowest BCUT2D eigenvalue weighted by Gasteiger charge is -2.22. The molecule has 1 atom stereocenters. The number of nitrogens with zero attached hydrogens (tertiary/aromatic N) is 1. The zero-order chi connectivity index (χ0) is 11.0. The van der Waals surface area contributed by atoms with Gasteiger partial charge in [-0.2, -0.15) is 0 Å². The summed E-state index contributed by atoms with van der Waals surface area (Å²) in [5.41, 5.74) is 2.24. The highest BCUT2D eigenvalue weighted by atomic mass is 32.2. The van der Waals surface area contributed by atoms with Gasteiger partial charge < -0.3 is 4.90 Å². The number of hydrogen-bond acceptors (Lipinski definition) is 2. The van der Waals surface area contributed by atoms with Crippen molar-refractivity contribution in [1.29, 1.82) is 0 Å². The molecule has 0 aromatic heterocycles. The largest absolute Gasteiger partial charge is 0.308 e. The molecule has 0 N–H and O–H groups in total. The molecule has 3 heteroatoms. The molecule has 1 aliphatic heterocycles. The topological polar surface area (TPSA) is 20.3 Å². The molecule has 15 heavy (non-hydrogen) atoms. The molecule has 2 nitrogen and oxygen atoms in total. The van der Waals surface area contributed by atoms with E-state index in [1.807, 2.05) is 29.4 Å². The van der Waals surface area contributed by atoms with Crippen molar-refractivity contribution in [3.63, 3.8) is 0 Å². The van der Waals surface area contributed by atoms with E-state index in [1.165, 1.54) is 0 Å². The Morgan fingerprint density at radius 1 is 1.33 bits per heavy atom. The molecule has 2 rings (SSSR count). The average molecular weight is 221 g/mol. The van der Waals surface area contributed by atoms with E-state index in [-0.39, 0.29) is 17.2 Å². The molecule has 1 aromatic carbocycles. The Hall–Kier alpha value is -0.960. The summed E-state index contributed by atoms with van der Waals surface area (Å²) in [6.07, 6.45) is 1.99. The summed E-state index contributed by atoms with van der Waals surface area (Å²) in [6, 6.07) is 8.31. The molecule has 1 unspecified atom stereocenters. The molecule has 0 saturated carbocycles. The van der Waals surface area contributed by atoms with E-state index in [4.69, 9.17) is 0 Å². The second-order valence-electron chi connectivity index (χ2n) is 3.98. The maximum absolute atomic E-state index is 12.1. The van der Waals surface area contributed by atoms with E-state index >= 15 is 0 Å². The fourth-order valence-electron chi connectivity index (χ4n) is 2.07. The molecule has 1 aromatic rings. The van der Waals surface area contributed by atoms with E-state index in [1.54, 1.807) is 11.8 Å². The minimum atomic E-state index is -0.0106. The molecular weight excluding hydrogens is 206 g/mol. The van der Waals surface area contributed by atoms with Crippen LogP contribution in [0.4, 0.5) is 5.69 Å². The number of rotatable bonds is 2. The van der Waals surface area contributed by atoms with E-state index in [0.29, 0.717) is 0 Å². The van der Waals surface area contributed by atoms with Crippen LogP contribution in [0.5, 0.6) is 0 Å². The molecule has 1 aliphatic rings. The Bertz CT molecular complexity index is 389. The first-order chi connectivity index (χ1) is 7.16. The number of anilines is 1. The Morgan fingerprint density at radius 2 is 2.00 bits per heavy atom. The maximum atomic E-state index is 12.1. The van der Waals surface area contributed by atoms with Gasteiger partial charge in [-0.3, -0.25) is 4.79 Å². The number of para-hydroxylation sites is 1. The number of carbonyl (C=O) groups excluding carboxylic acids is 1. The Kier molecular flexibility index (Phi) is 2.74. The average Bonchev–Trinajstić information content (AvgIpc) is 2.49. The molecule has 0 saturated heterocycles. The molecule has 0 fully saturated rings. The van der Waals surface area contributed by atoms with Gasteiger partial charge in [0, 0.05) is 11.7 Å². The minimum Gasteiger partial charge on any atom is -0.308 e. The number of thioether (sulfide) groups is 1. The smallest absolute Gasteiger partial charge is 0.244 e. The summed E-state index contributed by atoms with van der Waals surface area (Å²) in [6.45, 7) is 4.11. The van der Waals surface area contributed by atoms with Gasteiger partial charge in [0.1, 0.15) is 5.25 Å². The number of amides is 1. The lowest BCUT2D eigenvalue weighted by molar-refractivity contribution is -0.117. The highest BCUT2D eigenvalue weighted by Crippen LogP contribution is 2.43. The van der Waals surface area contributed by atoms with Crippen molar-refractivity contribution >= 4 is 23.4 Å². The van der Waals surface area contributed by atoms with E-state index in [0.717, 1.165) is 11.3 Å². The number of hydrogen-bond donors (Lipinski definition) is 0. The molecule has 1 amide bonds.